The van der Waals surface area contributed by atoms with Crippen LogP contribution in [0.1, 0.15) is 52.4 Å². The third-order valence-electron chi connectivity index (χ3n) is 4.00. The summed E-state index contributed by atoms with van der Waals surface area (Å²) in [6.45, 7) is 6.89. The van der Waals surface area contributed by atoms with E-state index >= 15 is 0 Å². The van der Waals surface area contributed by atoms with Crippen molar-refractivity contribution >= 4 is 5.97 Å². The van der Waals surface area contributed by atoms with Gasteiger partial charge < -0.3 is 19.9 Å². The van der Waals surface area contributed by atoms with Gasteiger partial charge in [0.1, 0.15) is 5.54 Å². The molecule has 1 aliphatic rings. The van der Waals surface area contributed by atoms with Crippen LogP contribution in [0.15, 0.2) is 0 Å². The van der Waals surface area contributed by atoms with Crippen LogP contribution in [0, 0.1) is 0 Å². The summed E-state index contributed by atoms with van der Waals surface area (Å²) in [4.78, 5) is 11.5. The number of carboxylic acids is 1. The number of carbonyl (C=O) groups is 1. The summed E-state index contributed by atoms with van der Waals surface area (Å²) in [6.07, 6.45) is 5.11. The SMILES string of the molecule is CCCNC(CC)(CCCOC1CCOCC1)C(=O)O. The number of rotatable bonds is 10. The Kier molecular flexibility index (Phi) is 8.11. The van der Waals surface area contributed by atoms with Gasteiger partial charge in [-0.2, -0.15) is 0 Å². The van der Waals surface area contributed by atoms with Crippen molar-refractivity contribution in [3.05, 3.63) is 0 Å². The average Bonchev–Trinajstić information content (AvgIpc) is 2.47. The van der Waals surface area contributed by atoms with Crippen molar-refractivity contribution in [1.82, 2.24) is 5.32 Å². The molecule has 1 rings (SSSR count). The molecule has 0 spiro atoms. The predicted molar refractivity (Wildman–Crippen MR) is 78.0 cm³/mol. The van der Waals surface area contributed by atoms with E-state index in [0.717, 1.165) is 45.4 Å². The summed E-state index contributed by atoms with van der Waals surface area (Å²) >= 11 is 0. The predicted octanol–water partition coefficient (Wildman–Crippen LogP) is 2.20. The molecule has 1 heterocycles. The highest BCUT2D eigenvalue weighted by atomic mass is 16.5. The Labute approximate surface area is 122 Å². The van der Waals surface area contributed by atoms with Crippen LogP contribution in [0.5, 0.6) is 0 Å². The van der Waals surface area contributed by atoms with Crippen molar-refractivity contribution in [2.75, 3.05) is 26.4 Å². The fourth-order valence-corrected chi connectivity index (χ4v) is 2.55. The van der Waals surface area contributed by atoms with Crippen LogP contribution in [0.4, 0.5) is 0 Å². The van der Waals surface area contributed by atoms with Gasteiger partial charge in [0.15, 0.2) is 0 Å². The maximum atomic E-state index is 11.5. The summed E-state index contributed by atoms with van der Waals surface area (Å²) < 4.78 is 11.1. The lowest BCUT2D eigenvalue weighted by atomic mass is 9.90. The maximum absolute atomic E-state index is 11.5. The van der Waals surface area contributed by atoms with Crippen molar-refractivity contribution in [2.45, 2.75) is 64.0 Å². The zero-order valence-electron chi connectivity index (χ0n) is 12.8. The van der Waals surface area contributed by atoms with E-state index in [2.05, 4.69) is 5.32 Å². The van der Waals surface area contributed by atoms with Gasteiger partial charge in [-0.05, 0) is 45.1 Å². The van der Waals surface area contributed by atoms with Crippen molar-refractivity contribution in [2.24, 2.45) is 0 Å². The largest absolute Gasteiger partial charge is 0.480 e. The first-order valence-electron chi connectivity index (χ1n) is 7.82. The summed E-state index contributed by atoms with van der Waals surface area (Å²) in [5.74, 6) is -0.750. The Hall–Kier alpha value is -0.650. The van der Waals surface area contributed by atoms with Crippen molar-refractivity contribution < 1.29 is 19.4 Å². The second-order valence-corrected chi connectivity index (χ2v) is 5.45. The molecule has 0 aromatic carbocycles. The Balaban J connectivity index is 2.31. The van der Waals surface area contributed by atoms with Gasteiger partial charge >= 0.3 is 5.97 Å². The van der Waals surface area contributed by atoms with Gasteiger partial charge in [0.05, 0.1) is 6.10 Å². The van der Waals surface area contributed by atoms with Crippen LogP contribution >= 0.6 is 0 Å². The second-order valence-electron chi connectivity index (χ2n) is 5.45. The van der Waals surface area contributed by atoms with E-state index in [9.17, 15) is 9.90 Å². The molecular formula is C15H29NO4. The molecule has 0 bridgehead atoms. The molecule has 5 heteroatoms. The van der Waals surface area contributed by atoms with Crippen LogP contribution in [-0.2, 0) is 14.3 Å². The Morgan fingerprint density at radius 3 is 2.65 bits per heavy atom. The number of aliphatic carboxylic acids is 1. The van der Waals surface area contributed by atoms with Gasteiger partial charge in [-0.3, -0.25) is 4.79 Å². The average molecular weight is 287 g/mol. The van der Waals surface area contributed by atoms with Crippen LogP contribution in [0.25, 0.3) is 0 Å². The van der Waals surface area contributed by atoms with Crippen LogP contribution in [0.3, 0.4) is 0 Å². The fraction of sp³-hybridized carbons (Fsp3) is 0.933. The number of ether oxygens (including phenoxy) is 2. The Morgan fingerprint density at radius 1 is 1.40 bits per heavy atom. The summed E-state index contributed by atoms with van der Waals surface area (Å²) in [5, 5.41) is 12.7. The van der Waals surface area contributed by atoms with Gasteiger partial charge in [0.25, 0.3) is 0 Å². The standard InChI is InChI=1S/C15H29NO4/c1-3-9-16-15(4-2,14(17)18)8-5-10-20-13-6-11-19-12-7-13/h13,16H,3-12H2,1-2H3,(H,17,18). The molecule has 5 nitrogen and oxygen atoms in total. The lowest BCUT2D eigenvalue weighted by Gasteiger charge is -2.30. The van der Waals surface area contributed by atoms with Gasteiger partial charge in [-0.15, -0.1) is 0 Å². The Bertz CT molecular complexity index is 279. The molecule has 0 radical (unpaired) electrons. The maximum Gasteiger partial charge on any atom is 0.323 e. The summed E-state index contributed by atoms with van der Waals surface area (Å²) in [6, 6.07) is 0. The monoisotopic (exact) mass is 287 g/mol. The van der Waals surface area contributed by atoms with Gasteiger partial charge in [0.2, 0.25) is 0 Å². The molecule has 1 unspecified atom stereocenters. The van der Waals surface area contributed by atoms with E-state index in [1.807, 2.05) is 13.8 Å². The van der Waals surface area contributed by atoms with Crippen molar-refractivity contribution in [3.63, 3.8) is 0 Å². The van der Waals surface area contributed by atoms with Crippen molar-refractivity contribution in [3.8, 4) is 0 Å². The number of hydrogen-bond acceptors (Lipinski definition) is 4. The highest BCUT2D eigenvalue weighted by Gasteiger charge is 2.35. The van der Waals surface area contributed by atoms with E-state index < -0.39 is 11.5 Å². The third-order valence-corrected chi connectivity index (χ3v) is 4.00. The molecule has 0 aromatic heterocycles. The quantitative estimate of drug-likeness (QED) is 0.603. The second kappa shape index (κ2) is 9.32. The number of carboxylic acid groups (broad SMARTS) is 1. The molecule has 2 N–H and O–H groups in total. The first-order valence-corrected chi connectivity index (χ1v) is 7.82. The topological polar surface area (TPSA) is 67.8 Å². The van der Waals surface area contributed by atoms with Crippen LogP contribution in [0.2, 0.25) is 0 Å². The molecule has 0 amide bonds. The molecule has 0 aliphatic carbocycles. The van der Waals surface area contributed by atoms with Crippen molar-refractivity contribution in [1.29, 1.82) is 0 Å². The fourth-order valence-electron chi connectivity index (χ4n) is 2.55. The minimum absolute atomic E-state index is 0.285. The van der Waals surface area contributed by atoms with E-state index in [-0.39, 0.29) is 6.10 Å². The molecule has 118 valence electrons. The van der Waals surface area contributed by atoms with Crippen LogP contribution in [-0.4, -0.2) is 49.1 Å². The van der Waals surface area contributed by atoms with E-state index in [0.29, 0.717) is 19.4 Å². The molecule has 1 saturated heterocycles. The van der Waals surface area contributed by atoms with E-state index in [4.69, 9.17) is 9.47 Å². The molecule has 20 heavy (non-hydrogen) atoms. The number of hydrogen-bond donors (Lipinski definition) is 2. The Morgan fingerprint density at radius 2 is 2.10 bits per heavy atom. The first-order chi connectivity index (χ1) is 9.64. The molecule has 1 fully saturated rings. The minimum Gasteiger partial charge on any atom is -0.480 e. The van der Waals surface area contributed by atoms with Gasteiger partial charge in [-0.1, -0.05) is 13.8 Å². The molecular weight excluding hydrogens is 258 g/mol. The first kappa shape index (κ1) is 17.4. The molecule has 1 atom stereocenters. The van der Waals surface area contributed by atoms with Gasteiger partial charge in [0, 0.05) is 19.8 Å². The highest BCUT2D eigenvalue weighted by molar-refractivity contribution is 5.78. The lowest BCUT2D eigenvalue weighted by Crippen LogP contribution is -2.52. The molecule has 0 saturated carbocycles. The summed E-state index contributed by atoms with van der Waals surface area (Å²) in [5.41, 5.74) is -0.797. The summed E-state index contributed by atoms with van der Waals surface area (Å²) in [7, 11) is 0. The lowest BCUT2D eigenvalue weighted by molar-refractivity contribution is -0.145. The van der Waals surface area contributed by atoms with Gasteiger partial charge in [-0.25, -0.2) is 0 Å². The molecule has 0 aromatic rings. The zero-order chi connectivity index (χ0) is 14.8. The zero-order valence-corrected chi connectivity index (χ0v) is 12.8. The highest BCUT2D eigenvalue weighted by Crippen LogP contribution is 2.19. The molecule has 1 aliphatic heterocycles. The number of nitrogens with one attached hydrogen (secondary N) is 1. The van der Waals surface area contributed by atoms with Crippen LogP contribution < -0.4 is 5.32 Å². The smallest absolute Gasteiger partial charge is 0.323 e. The van der Waals surface area contributed by atoms with E-state index in [1.54, 1.807) is 0 Å². The van der Waals surface area contributed by atoms with E-state index in [1.165, 1.54) is 0 Å². The minimum atomic E-state index is -0.797. The normalized spacial score (nSPS) is 19.7. The third kappa shape index (κ3) is 5.38.